The molecule has 0 aliphatic heterocycles. The molecule has 0 atom stereocenters. The molecule has 0 bridgehead atoms. The molecule has 3 aromatic heterocycles. The maximum atomic E-state index is 13.1. The molecule has 3 rings (SSSR count). The fourth-order valence-corrected chi connectivity index (χ4v) is 2.97. The van der Waals surface area contributed by atoms with Gasteiger partial charge in [0, 0.05) is 18.8 Å². The number of hydrogen-bond acceptors (Lipinski definition) is 4. The molecule has 6 nitrogen and oxygen atoms in total. The van der Waals surface area contributed by atoms with Gasteiger partial charge in [-0.05, 0) is 44.9 Å². The predicted molar refractivity (Wildman–Crippen MR) is 101 cm³/mol. The molecule has 3 heterocycles. The van der Waals surface area contributed by atoms with E-state index in [1.807, 2.05) is 29.8 Å². The third kappa shape index (κ3) is 3.36. The summed E-state index contributed by atoms with van der Waals surface area (Å²) in [6.45, 7) is 10.6. The SMILES string of the molecule is Cc1ccc(CN(C)C(=O)c2cc(C(C)C)nc3c2cnn3C(C)C)o1. The van der Waals surface area contributed by atoms with Gasteiger partial charge in [-0.2, -0.15) is 5.10 Å². The average molecular weight is 354 g/mol. The van der Waals surface area contributed by atoms with Crippen molar-refractivity contribution in [3.05, 3.63) is 47.2 Å². The summed E-state index contributed by atoms with van der Waals surface area (Å²) in [5, 5.41) is 5.24. The number of carbonyl (C=O) groups excluding carboxylic acids is 1. The standard InChI is InChI=1S/C20H26N4O2/c1-12(2)18-9-16(17-10-21-24(13(3)4)19(17)22-18)20(25)23(6)11-15-8-7-14(5)26-15/h7-10,12-13H,11H2,1-6H3. The lowest BCUT2D eigenvalue weighted by Crippen LogP contribution is -2.26. The second-order valence-electron chi connectivity index (χ2n) is 7.34. The Morgan fingerprint density at radius 2 is 2.00 bits per heavy atom. The van der Waals surface area contributed by atoms with E-state index in [4.69, 9.17) is 9.40 Å². The monoisotopic (exact) mass is 354 g/mol. The summed E-state index contributed by atoms with van der Waals surface area (Å²) in [4.78, 5) is 19.6. The van der Waals surface area contributed by atoms with E-state index in [2.05, 4.69) is 32.8 Å². The van der Waals surface area contributed by atoms with Crippen LogP contribution in [0.25, 0.3) is 11.0 Å². The maximum Gasteiger partial charge on any atom is 0.254 e. The van der Waals surface area contributed by atoms with Gasteiger partial charge >= 0.3 is 0 Å². The van der Waals surface area contributed by atoms with Crippen LogP contribution in [-0.4, -0.2) is 32.6 Å². The lowest BCUT2D eigenvalue weighted by Gasteiger charge is -2.18. The molecule has 6 heteroatoms. The van der Waals surface area contributed by atoms with Gasteiger partial charge in [0.05, 0.1) is 23.7 Å². The van der Waals surface area contributed by atoms with Gasteiger partial charge in [0.15, 0.2) is 5.65 Å². The summed E-state index contributed by atoms with van der Waals surface area (Å²) < 4.78 is 7.47. The van der Waals surface area contributed by atoms with E-state index in [1.165, 1.54) is 0 Å². The molecule has 0 spiro atoms. The molecule has 0 saturated heterocycles. The summed E-state index contributed by atoms with van der Waals surface area (Å²) in [6.07, 6.45) is 1.74. The highest BCUT2D eigenvalue weighted by Gasteiger charge is 2.21. The van der Waals surface area contributed by atoms with Crippen molar-refractivity contribution < 1.29 is 9.21 Å². The molecule has 26 heavy (non-hydrogen) atoms. The molecule has 0 unspecified atom stereocenters. The number of pyridine rings is 1. The first-order chi connectivity index (χ1) is 12.3. The number of fused-ring (bicyclic) bond motifs is 1. The number of rotatable bonds is 5. The maximum absolute atomic E-state index is 13.1. The molecule has 0 saturated carbocycles. The summed E-state index contributed by atoms with van der Waals surface area (Å²) in [5.74, 6) is 1.77. The molecule has 0 aromatic carbocycles. The normalized spacial score (nSPS) is 11.7. The minimum absolute atomic E-state index is 0.0586. The molecule has 0 aliphatic rings. The zero-order chi connectivity index (χ0) is 19.0. The third-order valence-electron chi connectivity index (χ3n) is 4.43. The van der Waals surface area contributed by atoms with Crippen LogP contribution in [0.1, 0.15) is 67.2 Å². The Balaban J connectivity index is 2.03. The lowest BCUT2D eigenvalue weighted by atomic mass is 10.0. The van der Waals surface area contributed by atoms with Crippen LogP contribution in [0.2, 0.25) is 0 Å². The summed E-state index contributed by atoms with van der Waals surface area (Å²) in [7, 11) is 1.79. The molecule has 0 aliphatic carbocycles. The first-order valence-electron chi connectivity index (χ1n) is 8.96. The van der Waals surface area contributed by atoms with Crippen molar-refractivity contribution in [2.75, 3.05) is 7.05 Å². The highest BCUT2D eigenvalue weighted by molar-refractivity contribution is 6.05. The Morgan fingerprint density at radius 1 is 1.27 bits per heavy atom. The van der Waals surface area contributed by atoms with Crippen molar-refractivity contribution in [3.8, 4) is 0 Å². The van der Waals surface area contributed by atoms with E-state index in [-0.39, 0.29) is 17.9 Å². The van der Waals surface area contributed by atoms with Crippen LogP contribution in [-0.2, 0) is 6.54 Å². The molecule has 0 radical (unpaired) electrons. The predicted octanol–water partition coefficient (Wildman–Crippen LogP) is 4.31. The van der Waals surface area contributed by atoms with Crippen LogP contribution in [0.5, 0.6) is 0 Å². The average Bonchev–Trinajstić information content (AvgIpc) is 3.19. The molecule has 3 aromatic rings. The van der Waals surface area contributed by atoms with Crippen molar-refractivity contribution in [2.24, 2.45) is 0 Å². The summed E-state index contributed by atoms with van der Waals surface area (Å²) >= 11 is 0. The van der Waals surface area contributed by atoms with E-state index in [9.17, 15) is 4.79 Å². The molecular formula is C20H26N4O2. The quantitative estimate of drug-likeness (QED) is 0.685. The highest BCUT2D eigenvalue weighted by Crippen LogP contribution is 2.25. The fourth-order valence-electron chi connectivity index (χ4n) is 2.97. The van der Waals surface area contributed by atoms with Crippen molar-refractivity contribution >= 4 is 16.9 Å². The lowest BCUT2D eigenvalue weighted by molar-refractivity contribution is 0.0776. The summed E-state index contributed by atoms with van der Waals surface area (Å²) in [6, 6.07) is 5.87. The van der Waals surface area contributed by atoms with E-state index < -0.39 is 0 Å². The van der Waals surface area contributed by atoms with Gasteiger partial charge in [-0.15, -0.1) is 0 Å². The zero-order valence-electron chi connectivity index (χ0n) is 16.3. The molecule has 0 fully saturated rings. The van der Waals surface area contributed by atoms with E-state index >= 15 is 0 Å². The zero-order valence-corrected chi connectivity index (χ0v) is 16.3. The van der Waals surface area contributed by atoms with Crippen molar-refractivity contribution in [1.82, 2.24) is 19.7 Å². The first-order valence-corrected chi connectivity index (χ1v) is 8.96. The minimum atomic E-state index is -0.0586. The van der Waals surface area contributed by atoms with Crippen LogP contribution in [0.15, 0.2) is 28.8 Å². The topological polar surface area (TPSA) is 64.2 Å². The third-order valence-corrected chi connectivity index (χ3v) is 4.43. The van der Waals surface area contributed by atoms with Crippen molar-refractivity contribution in [3.63, 3.8) is 0 Å². The number of aryl methyl sites for hydroxylation is 1. The largest absolute Gasteiger partial charge is 0.464 e. The number of amides is 1. The van der Waals surface area contributed by atoms with Gasteiger partial charge in [-0.1, -0.05) is 13.8 Å². The fraction of sp³-hybridized carbons (Fsp3) is 0.450. The van der Waals surface area contributed by atoms with Gasteiger partial charge < -0.3 is 9.32 Å². The number of nitrogens with zero attached hydrogens (tertiary/aromatic N) is 4. The Labute approximate surface area is 153 Å². The van der Waals surface area contributed by atoms with Crippen LogP contribution in [0.3, 0.4) is 0 Å². The minimum Gasteiger partial charge on any atom is -0.464 e. The van der Waals surface area contributed by atoms with Gasteiger partial charge in [0.2, 0.25) is 0 Å². The van der Waals surface area contributed by atoms with Crippen LogP contribution < -0.4 is 0 Å². The number of carbonyl (C=O) groups is 1. The Morgan fingerprint density at radius 3 is 2.58 bits per heavy atom. The van der Waals surface area contributed by atoms with Crippen molar-refractivity contribution in [1.29, 1.82) is 0 Å². The summed E-state index contributed by atoms with van der Waals surface area (Å²) in [5.41, 5.74) is 2.29. The van der Waals surface area contributed by atoms with Gasteiger partial charge in [-0.25, -0.2) is 9.67 Å². The number of aromatic nitrogens is 3. The molecular weight excluding hydrogens is 328 g/mol. The van der Waals surface area contributed by atoms with Crippen molar-refractivity contribution in [2.45, 2.75) is 53.1 Å². The smallest absolute Gasteiger partial charge is 0.254 e. The van der Waals surface area contributed by atoms with Crippen LogP contribution in [0, 0.1) is 6.92 Å². The van der Waals surface area contributed by atoms with Gasteiger partial charge in [0.1, 0.15) is 11.5 Å². The first kappa shape index (κ1) is 18.2. The van der Waals surface area contributed by atoms with E-state index in [1.54, 1.807) is 18.1 Å². The Kier molecular flexibility index (Phi) is 4.85. The van der Waals surface area contributed by atoms with E-state index in [0.717, 1.165) is 28.2 Å². The van der Waals surface area contributed by atoms with Gasteiger partial charge in [-0.3, -0.25) is 4.79 Å². The highest BCUT2D eigenvalue weighted by atomic mass is 16.3. The molecule has 138 valence electrons. The van der Waals surface area contributed by atoms with Crippen LogP contribution >= 0.6 is 0 Å². The molecule has 1 amide bonds. The van der Waals surface area contributed by atoms with E-state index in [0.29, 0.717) is 12.1 Å². The van der Waals surface area contributed by atoms with Gasteiger partial charge in [0.25, 0.3) is 5.91 Å². The Hall–Kier alpha value is -2.63. The van der Waals surface area contributed by atoms with Crippen LogP contribution in [0.4, 0.5) is 0 Å². The number of furan rings is 1. The Bertz CT molecular complexity index is 937. The second-order valence-corrected chi connectivity index (χ2v) is 7.34. The number of hydrogen-bond donors (Lipinski definition) is 0. The second kappa shape index (κ2) is 6.94. The molecule has 0 N–H and O–H groups in total.